The molecule has 130 valence electrons. The summed E-state index contributed by atoms with van der Waals surface area (Å²) in [5, 5.41) is 6.95. The van der Waals surface area contributed by atoms with Crippen LogP contribution in [0.2, 0.25) is 0 Å². The molecule has 2 aliphatic carbocycles. The van der Waals surface area contributed by atoms with E-state index in [-0.39, 0.29) is 23.9 Å². The molecule has 4 rings (SSSR count). The molecule has 2 amide bonds. The first kappa shape index (κ1) is 15.7. The molecule has 0 aromatic carbocycles. The van der Waals surface area contributed by atoms with E-state index in [1.807, 2.05) is 4.90 Å². The first-order valence-electron chi connectivity index (χ1n) is 9.20. The summed E-state index contributed by atoms with van der Waals surface area (Å²) in [5.41, 5.74) is 0.373. The zero-order valence-electron chi connectivity index (χ0n) is 14.2. The summed E-state index contributed by atoms with van der Waals surface area (Å²) < 4.78 is 5.25. The summed E-state index contributed by atoms with van der Waals surface area (Å²) in [4.78, 5) is 26.8. The number of rotatable bonds is 4. The third kappa shape index (κ3) is 3.06. The number of aromatic nitrogens is 1. The van der Waals surface area contributed by atoms with Crippen molar-refractivity contribution in [3.8, 4) is 0 Å². The minimum Gasteiger partial charge on any atom is -0.360 e. The van der Waals surface area contributed by atoms with Gasteiger partial charge in [0.05, 0.1) is 0 Å². The van der Waals surface area contributed by atoms with Crippen LogP contribution in [0.15, 0.2) is 10.6 Å². The van der Waals surface area contributed by atoms with Crippen LogP contribution in [0.1, 0.15) is 74.0 Å². The Morgan fingerprint density at radius 3 is 2.67 bits per heavy atom. The highest BCUT2D eigenvalue weighted by molar-refractivity contribution is 5.92. The minimum absolute atomic E-state index is 0.0963. The van der Waals surface area contributed by atoms with Crippen LogP contribution in [0.25, 0.3) is 0 Å². The zero-order valence-corrected chi connectivity index (χ0v) is 14.2. The molecule has 1 N–H and O–H groups in total. The predicted octanol–water partition coefficient (Wildman–Crippen LogP) is 2.46. The fourth-order valence-corrected chi connectivity index (χ4v) is 3.74. The predicted molar refractivity (Wildman–Crippen MR) is 87.5 cm³/mol. The number of carbonyl (C=O) groups is 2. The Balaban J connectivity index is 1.31. The molecule has 2 heterocycles. The van der Waals surface area contributed by atoms with Gasteiger partial charge in [-0.05, 0) is 45.4 Å². The van der Waals surface area contributed by atoms with Crippen molar-refractivity contribution >= 4 is 11.8 Å². The van der Waals surface area contributed by atoms with Crippen molar-refractivity contribution in [1.82, 2.24) is 15.4 Å². The van der Waals surface area contributed by atoms with Crippen LogP contribution in [-0.2, 0) is 4.79 Å². The average molecular weight is 331 g/mol. The van der Waals surface area contributed by atoms with Crippen molar-refractivity contribution in [1.29, 1.82) is 0 Å². The number of hydrogen-bond acceptors (Lipinski definition) is 4. The number of likely N-dealkylation sites (tertiary alicyclic amines) is 1. The summed E-state index contributed by atoms with van der Waals surface area (Å²) >= 11 is 0. The van der Waals surface area contributed by atoms with Crippen molar-refractivity contribution in [2.45, 2.75) is 69.9 Å². The first-order valence-corrected chi connectivity index (χ1v) is 9.20. The third-order valence-corrected chi connectivity index (χ3v) is 5.69. The molecule has 3 fully saturated rings. The van der Waals surface area contributed by atoms with E-state index in [4.69, 9.17) is 4.52 Å². The summed E-state index contributed by atoms with van der Waals surface area (Å²) in [7, 11) is 0. The highest BCUT2D eigenvalue weighted by atomic mass is 16.5. The van der Waals surface area contributed by atoms with E-state index in [0.717, 1.165) is 50.8 Å². The Morgan fingerprint density at radius 2 is 2.04 bits per heavy atom. The smallest absolute Gasteiger partial charge is 0.273 e. The van der Waals surface area contributed by atoms with Gasteiger partial charge in [-0.1, -0.05) is 11.6 Å². The molecule has 0 spiro atoms. The second-order valence-corrected chi connectivity index (χ2v) is 7.59. The van der Waals surface area contributed by atoms with Crippen LogP contribution in [0.4, 0.5) is 0 Å². The van der Waals surface area contributed by atoms with E-state index in [2.05, 4.69) is 17.4 Å². The molecule has 6 heteroatoms. The van der Waals surface area contributed by atoms with Gasteiger partial charge in [-0.2, -0.15) is 0 Å². The molecule has 1 aliphatic heterocycles. The number of piperidine rings is 1. The molecule has 0 bridgehead atoms. The Bertz CT molecular complexity index is 633. The second kappa shape index (κ2) is 6.22. The molecule has 1 aromatic rings. The molecular weight excluding hydrogens is 306 g/mol. The van der Waals surface area contributed by atoms with Crippen molar-refractivity contribution in [3.05, 3.63) is 17.5 Å². The first-order chi connectivity index (χ1) is 11.6. The van der Waals surface area contributed by atoms with E-state index in [9.17, 15) is 9.59 Å². The monoisotopic (exact) mass is 331 g/mol. The fourth-order valence-electron chi connectivity index (χ4n) is 3.74. The van der Waals surface area contributed by atoms with Gasteiger partial charge in [-0.15, -0.1) is 0 Å². The largest absolute Gasteiger partial charge is 0.360 e. The third-order valence-electron chi connectivity index (χ3n) is 5.69. The minimum atomic E-state index is -0.165. The molecule has 6 nitrogen and oxygen atoms in total. The fraction of sp³-hybridized carbons (Fsp3) is 0.722. The zero-order chi connectivity index (χ0) is 16.7. The highest BCUT2D eigenvalue weighted by Crippen LogP contribution is 2.40. The number of nitrogens with one attached hydrogen (secondary N) is 1. The van der Waals surface area contributed by atoms with Gasteiger partial charge in [0.15, 0.2) is 5.69 Å². The number of carbonyl (C=O) groups excluding carboxylic acids is 2. The highest BCUT2D eigenvalue weighted by Gasteiger charge is 2.35. The Hall–Kier alpha value is -1.85. The summed E-state index contributed by atoms with van der Waals surface area (Å²) in [6.07, 6.45) is 7.12. The van der Waals surface area contributed by atoms with Gasteiger partial charge in [0.1, 0.15) is 5.76 Å². The molecule has 2 saturated carbocycles. The summed E-state index contributed by atoms with van der Waals surface area (Å²) in [6.45, 7) is 2.81. The normalized spacial score (nSPS) is 27.6. The van der Waals surface area contributed by atoms with Crippen LogP contribution in [0.5, 0.6) is 0 Å². The van der Waals surface area contributed by atoms with Gasteiger partial charge in [0.2, 0.25) is 5.91 Å². The summed E-state index contributed by atoms with van der Waals surface area (Å²) in [6, 6.07) is 2.04. The van der Waals surface area contributed by atoms with Gasteiger partial charge in [0, 0.05) is 36.5 Å². The molecule has 2 atom stereocenters. The van der Waals surface area contributed by atoms with Crippen molar-refractivity contribution < 1.29 is 14.1 Å². The van der Waals surface area contributed by atoms with Crippen LogP contribution in [-0.4, -0.2) is 40.5 Å². The van der Waals surface area contributed by atoms with Gasteiger partial charge in [-0.3, -0.25) is 9.59 Å². The maximum Gasteiger partial charge on any atom is 0.273 e. The van der Waals surface area contributed by atoms with Gasteiger partial charge < -0.3 is 14.7 Å². The van der Waals surface area contributed by atoms with Crippen LogP contribution in [0.3, 0.4) is 0 Å². The van der Waals surface area contributed by atoms with E-state index in [0.29, 0.717) is 17.5 Å². The summed E-state index contributed by atoms with van der Waals surface area (Å²) in [5.74, 6) is 1.68. The molecule has 1 aromatic heterocycles. The lowest BCUT2D eigenvalue weighted by Crippen LogP contribution is -2.53. The average Bonchev–Trinajstić information content (AvgIpc) is 3.22. The van der Waals surface area contributed by atoms with Crippen LogP contribution in [0, 0.1) is 5.92 Å². The quantitative estimate of drug-likeness (QED) is 0.919. The van der Waals surface area contributed by atoms with E-state index >= 15 is 0 Å². The van der Waals surface area contributed by atoms with Crippen LogP contribution < -0.4 is 5.32 Å². The topological polar surface area (TPSA) is 75.4 Å². The van der Waals surface area contributed by atoms with Crippen LogP contribution >= 0.6 is 0 Å². The Labute approximate surface area is 141 Å². The molecule has 24 heavy (non-hydrogen) atoms. The number of hydrogen-bond donors (Lipinski definition) is 1. The maximum atomic E-state index is 12.4. The maximum absolute atomic E-state index is 12.4. The SMILES string of the molecule is CC1CC(NC(=O)c2cc(C3CC3)on2)CCN1C(=O)C1CCC1. The van der Waals surface area contributed by atoms with Crippen molar-refractivity contribution in [2.75, 3.05) is 6.54 Å². The van der Waals surface area contributed by atoms with Gasteiger partial charge >= 0.3 is 0 Å². The molecule has 1 saturated heterocycles. The van der Waals surface area contributed by atoms with E-state index < -0.39 is 0 Å². The van der Waals surface area contributed by atoms with Crippen molar-refractivity contribution in [3.63, 3.8) is 0 Å². The lowest BCUT2D eigenvalue weighted by molar-refractivity contribution is -0.141. The van der Waals surface area contributed by atoms with Crippen molar-refractivity contribution in [2.24, 2.45) is 5.92 Å². The molecule has 3 aliphatic rings. The lowest BCUT2D eigenvalue weighted by Gasteiger charge is -2.41. The number of amides is 2. The number of nitrogens with zero attached hydrogens (tertiary/aromatic N) is 2. The van der Waals surface area contributed by atoms with E-state index in [1.165, 1.54) is 6.42 Å². The molecule has 0 radical (unpaired) electrons. The Morgan fingerprint density at radius 1 is 1.25 bits per heavy atom. The lowest BCUT2D eigenvalue weighted by atomic mass is 9.83. The van der Waals surface area contributed by atoms with E-state index in [1.54, 1.807) is 6.07 Å². The second-order valence-electron chi connectivity index (χ2n) is 7.59. The van der Waals surface area contributed by atoms with Gasteiger partial charge in [0.25, 0.3) is 5.91 Å². The van der Waals surface area contributed by atoms with Gasteiger partial charge in [-0.25, -0.2) is 0 Å². The molecule has 2 unspecified atom stereocenters. The standard InChI is InChI=1S/C18H25N3O3/c1-11-9-14(7-8-21(11)18(23)13-3-2-4-13)19-17(22)15-10-16(24-20-15)12-5-6-12/h10-14H,2-9H2,1H3,(H,19,22). The Kier molecular flexibility index (Phi) is 4.06. The molecular formula is C18H25N3O3.